The van der Waals surface area contributed by atoms with Crippen LogP contribution in [0.5, 0.6) is 0 Å². The maximum absolute atomic E-state index is 12.1. The van der Waals surface area contributed by atoms with E-state index in [2.05, 4.69) is 15.8 Å². The number of rotatable bonds is 5. The van der Waals surface area contributed by atoms with Gasteiger partial charge in [0.25, 0.3) is 0 Å². The van der Waals surface area contributed by atoms with Gasteiger partial charge in [0.1, 0.15) is 5.82 Å². The third-order valence-corrected chi connectivity index (χ3v) is 3.83. The average molecular weight is 321 g/mol. The van der Waals surface area contributed by atoms with Gasteiger partial charge in [0, 0.05) is 5.39 Å². The molecule has 1 heterocycles. The zero-order valence-electron chi connectivity index (χ0n) is 13.4. The first-order valence-electron chi connectivity index (χ1n) is 7.73. The van der Waals surface area contributed by atoms with Gasteiger partial charge in [-0.1, -0.05) is 48.5 Å². The topological polar surface area (TPSA) is 74.2 Å². The molecule has 122 valence electrons. The number of amides is 1. The van der Waals surface area contributed by atoms with Crippen molar-refractivity contribution in [1.82, 2.24) is 10.4 Å². The van der Waals surface area contributed by atoms with Crippen LogP contribution >= 0.6 is 0 Å². The van der Waals surface area contributed by atoms with Crippen LogP contribution in [0.25, 0.3) is 10.9 Å². The van der Waals surface area contributed by atoms with Crippen molar-refractivity contribution in [2.45, 2.75) is 18.9 Å². The summed E-state index contributed by atoms with van der Waals surface area (Å²) in [6, 6.07) is 20.6. The summed E-state index contributed by atoms with van der Waals surface area (Å²) in [5.41, 5.74) is 5.67. The minimum Gasteiger partial charge on any atom is -0.385 e. The van der Waals surface area contributed by atoms with E-state index in [1.165, 1.54) is 0 Å². The van der Waals surface area contributed by atoms with Gasteiger partial charge < -0.3 is 5.11 Å². The van der Waals surface area contributed by atoms with Crippen molar-refractivity contribution in [1.29, 1.82) is 0 Å². The summed E-state index contributed by atoms with van der Waals surface area (Å²) in [6.45, 7) is 1.62. The summed E-state index contributed by atoms with van der Waals surface area (Å²) in [5.74, 6) is 0.222. The van der Waals surface area contributed by atoms with Crippen LogP contribution in [-0.4, -0.2) is 16.0 Å². The fourth-order valence-corrected chi connectivity index (χ4v) is 2.53. The summed E-state index contributed by atoms with van der Waals surface area (Å²) in [6.07, 6.45) is -0.0579. The van der Waals surface area contributed by atoms with Crippen LogP contribution in [0.4, 0.5) is 5.82 Å². The zero-order valence-corrected chi connectivity index (χ0v) is 13.4. The lowest BCUT2D eigenvalue weighted by atomic mass is 9.92. The van der Waals surface area contributed by atoms with Gasteiger partial charge in [-0.2, -0.15) is 0 Å². The van der Waals surface area contributed by atoms with Gasteiger partial charge in [-0.3, -0.25) is 15.6 Å². The summed E-state index contributed by atoms with van der Waals surface area (Å²) in [5, 5.41) is 11.5. The van der Waals surface area contributed by atoms with Gasteiger partial charge in [-0.05, 0) is 30.7 Å². The first kappa shape index (κ1) is 16.0. The van der Waals surface area contributed by atoms with Crippen LogP contribution in [0.3, 0.4) is 0 Å². The molecule has 0 saturated carbocycles. The Morgan fingerprint density at radius 3 is 2.54 bits per heavy atom. The number of carbonyl (C=O) groups excluding carboxylic acids is 1. The Kier molecular flexibility index (Phi) is 4.44. The number of carbonyl (C=O) groups is 1. The fraction of sp³-hybridized carbons (Fsp3) is 0.158. The average Bonchev–Trinajstić information content (AvgIpc) is 2.60. The molecule has 3 aromatic rings. The van der Waals surface area contributed by atoms with E-state index in [1.54, 1.807) is 25.1 Å². The first-order valence-corrected chi connectivity index (χ1v) is 7.73. The molecular formula is C19H19N3O2. The molecule has 5 nitrogen and oxygen atoms in total. The van der Waals surface area contributed by atoms with E-state index >= 15 is 0 Å². The van der Waals surface area contributed by atoms with Gasteiger partial charge in [0.15, 0.2) is 0 Å². The highest BCUT2D eigenvalue weighted by Gasteiger charge is 2.26. The number of hydrogen-bond acceptors (Lipinski definition) is 4. The summed E-state index contributed by atoms with van der Waals surface area (Å²) >= 11 is 0. The second-order valence-electron chi connectivity index (χ2n) is 5.88. The van der Waals surface area contributed by atoms with Crippen LogP contribution in [0, 0.1) is 0 Å². The molecule has 1 atom stereocenters. The van der Waals surface area contributed by atoms with Crippen molar-refractivity contribution < 1.29 is 9.90 Å². The molecule has 0 radical (unpaired) electrons. The lowest BCUT2D eigenvalue weighted by molar-refractivity contribution is -0.125. The van der Waals surface area contributed by atoms with Gasteiger partial charge in [0.2, 0.25) is 5.91 Å². The number of para-hydroxylation sites is 1. The standard InChI is InChI=1S/C19H19N3O2/c1-19(24,15-8-3-2-4-9-15)13-18(23)22-21-17-12-11-14-7-5-6-10-16(14)20-17/h2-12,24H,13H2,1H3,(H,20,21)(H,22,23). The SMILES string of the molecule is CC(O)(CC(=O)NNc1ccc2ccccc2n1)c1ccccc1. The predicted molar refractivity (Wildman–Crippen MR) is 94.1 cm³/mol. The van der Waals surface area contributed by atoms with E-state index in [4.69, 9.17) is 0 Å². The molecule has 0 saturated heterocycles. The van der Waals surface area contributed by atoms with Gasteiger partial charge in [0.05, 0.1) is 17.5 Å². The molecule has 24 heavy (non-hydrogen) atoms. The molecule has 0 aliphatic rings. The third-order valence-electron chi connectivity index (χ3n) is 3.83. The van der Waals surface area contributed by atoms with Gasteiger partial charge in [-0.25, -0.2) is 4.98 Å². The van der Waals surface area contributed by atoms with Crippen molar-refractivity contribution in [3.05, 3.63) is 72.3 Å². The molecule has 5 heteroatoms. The molecule has 0 bridgehead atoms. The normalized spacial score (nSPS) is 13.2. The van der Waals surface area contributed by atoms with Crippen molar-refractivity contribution >= 4 is 22.6 Å². The Morgan fingerprint density at radius 1 is 1.04 bits per heavy atom. The molecule has 1 aromatic heterocycles. The molecule has 2 aromatic carbocycles. The maximum atomic E-state index is 12.1. The molecule has 0 aliphatic carbocycles. The molecule has 3 rings (SSSR count). The maximum Gasteiger partial charge on any atom is 0.241 e. The van der Waals surface area contributed by atoms with E-state index in [9.17, 15) is 9.90 Å². The lowest BCUT2D eigenvalue weighted by Crippen LogP contribution is -2.36. The van der Waals surface area contributed by atoms with Crippen LogP contribution in [0.1, 0.15) is 18.9 Å². The quantitative estimate of drug-likeness (QED) is 0.632. The van der Waals surface area contributed by atoms with Crippen molar-refractivity contribution in [3.63, 3.8) is 0 Å². The number of hydrazine groups is 1. The number of pyridine rings is 1. The Bertz CT molecular complexity index is 847. The molecule has 1 unspecified atom stereocenters. The highest BCUT2D eigenvalue weighted by atomic mass is 16.3. The first-order chi connectivity index (χ1) is 11.5. The van der Waals surface area contributed by atoms with E-state index in [0.29, 0.717) is 11.4 Å². The Balaban J connectivity index is 1.62. The van der Waals surface area contributed by atoms with E-state index in [0.717, 1.165) is 10.9 Å². The largest absolute Gasteiger partial charge is 0.385 e. The molecule has 1 amide bonds. The van der Waals surface area contributed by atoms with Crippen LogP contribution in [-0.2, 0) is 10.4 Å². The van der Waals surface area contributed by atoms with Crippen LogP contribution < -0.4 is 10.9 Å². The zero-order chi connectivity index (χ0) is 17.0. The smallest absolute Gasteiger partial charge is 0.241 e. The minimum absolute atomic E-state index is 0.0579. The van der Waals surface area contributed by atoms with Crippen LogP contribution in [0.2, 0.25) is 0 Å². The molecule has 0 spiro atoms. The number of hydrogen-bond donors (Lipinski definition) is 3. The van der Waals surface area contributed by atoms with Crippen molar-refractivity contribution in [3.8, 4) is 0 Å². The number of nitrogens with one attached hydrogen (secondary N) is 2. The van der Waals surface area contributed by atoms with E-state index < -0.39 is 5.60 Å². The predicted octanol–water partition coefficient (Wildman–Crippen LogP) is 2.98. The van der Waals surface area contributed by atoms with Gasteiger partial charge in [-0.15, -0.1) is 0 Å². The molecular weight excluding hydrogens is 302 g/mol. The monoisotopic (exact) mass is 321 g/mol. The third kappa shape index (κ3) is 3.70. The number of fused-ring (bicyclic) bond motifs is 1. The Labute approximate surface area is 140 Å². The Morgan fingerprint density at radius 2 is 1.75 bits per heavy atom. The van der Waals surface area contributed by atoms with Crippen molar-refractivity contribution in [2.75, 3.05) is 5.43 Å². The molecule has 0 aliphatic heterocycles. The second-order valence-corrected chi connectivity index (χ2v) is 5.88. The second kappa shape index (κ2) is 6.68. The minimum atomic E-state index is -1.23. The lowest BCUT2D eigenvalue weighted by Gasteiger charge is -2.23. The van der Waals surface area contributed by atoms with E-state index in [1.807, 2.05) is 48.5 Å². The number of anilines is 1. The van der Waals surface area contributed by atoms with Gasteiger partial charge >= 0.3 is 0 Å². The number of aromatic nitrogens is 1. The highest BCUT2D eigenvalue weighted by molar-refractivity contribution is 5.81. The summed E-state index contributed by atoms with van der Waals surface area (Å²) in [4.78, 5) is 16.5. The molecule has 0 fully saturated rings. The summed E-state index contributed by atoms with van der Waals surface area (Å²) < 4.78 is 0. The number of benzene rings is 2. The molecule has 3 N–H and O–H groups in total. The van der Waals surface area contributed by atoms with Crippen molar-refractivity contribution in [2.24, 2.45) is 0 Å². The number of nitrogens with zero attached hydrogens (tertiary/aromatic N) is 1. The highest BCUT2D eigenvalue weighted by Crippen LogP contribution is 2.23. The van der Waals surface area contributed by atoms with Crippen LogP contribution in [0.15, 0.2) is 66.7 Å². The number of aliphatic hydroxyl groups is 1. The van der Waals surface area contributed by atoms with E-state index in [-0.39, 0.29) is 12.3 Å². The summed E-state index contributed by atoms with van der Waals surface area (Å²) in [7, 11) is 0. The fourth-order valence-electron chi connectivity index (χ4n) is 2.53. The Hall–Kier alpha value is -2.92.